The number of hydrogen-bond acceptors (Lipinski definition) is 4. The van der Waals surface area contributed by atoms with E-state index in [1.807, 2.05) is 20.8 Å². The lowest BCUT2D eigenvalue weighted by atomic mass is 10.5. The maximum Gasteiger partial charge on any atom is 0.500 e. The van der Waals surface area contributed by atoms with E-state index in [0.29, 0.717) is 26.4 Å². The molecule has 0 aliphatic heterocycles. The Kier molecular flexibility index (Phi) is 14.9. The van der Waals surface area contributed by atoms with Gasteiger partial charge in [-0.05, 0) is 33.7 Å². The average Bonchev–Trinajstić information content (AvgIpc) is 2.27. The Morgan fingerprint density at radius 3 is 1.50 bits per heavy atom. The van der Waals surface area contributed by atoms with Crippen molar-refractivity contribution in [1.29, 1.82) is 0 Å². The van der Waals surface area contributed by atoms with Crippen molar-refractivity contribution in [2.45, 2.75) is 39.9 Å². The van der Waals surface area contributed by atoms with Crippen molar-refractivity contribution >= 4 is 8.80 Å². The molecule has 0 atom stereocenters. The fraction of sp³-hybridized carbons (Fsp3) is 1.00. The Hall–Kier alpha value is -0.153. The van der Waals surface area contributed by atoms with Crippen LogP contribution in [0.5, 0.6) is 0 Å². The molecule has 0 radical (unpaired) electrons. The molecule has 0 aromatic carbocycles. The Morgan fingerprint density at radius 2 is 1.28 bits per heavy atom. The third-order valence-electron chi connectivity index (χ3n) is 1.78. The number of halogens is 3. The summed E-state index contributed by atoms with van der Waals surface area (Å²) in [4.78, 5) is 0. The highest BCUT2D eigenvalue weighted by Gasteiger charge is 2.39. The summed E-state index contributed by atoms with van der Waals surface area (Å²) in [6, 6.07) is 0.818. The van der Waals surface area contributed by atoms with E-state index < -0.39 is 15.5 Å². The summed E-state index contributed by atoms with van der Waals surface area (Å²) in [6.45, 7) is 4.78. The average molecular weight is 291 g/mol. The molecule has 18 heavy (non-hydrogen) atoms. The summed E-state index contributed by atoms with van der Waals surface area (Å²) in [5, 5.41) is 0. The van der Waals surface area contributed by atoms with Crippen LogP contribution in [0, 0.1) is 0 Å². The number of rotatable bonds is 9. The summed E-state index contributed by atoms with van der Waals surface area (Å²) >= 11 is 0. The van der Waals surface area contributed by atoms with E-state index in [4.69, 9.17) is 19.0 Å². The lowest BCUT2D eigenvalue weighted by Gasteiger charge is -2.28. The van der Waals surface area contributed by atoms with Crippen LogP contribution in [0.15, 0.2) is 0 Å². The number of alkyl halides is 3. The monoisotopic (exact) mass is 291 g/mol. The second-order valence-electron chi connectivity index (χ2n) is 3.12. The molecule has 112 valence electrons. The van der Waals surface area contributed by atoms with Crippen molar-refractivity contribution in [2.75, 3.05) is 26.4 Å². The first-order valence-electron chi connectivity index (χ1n) is 6.02. The zero-order valence-corrected chi connectivity index (χ0v) is 12.3. The maximum atomic E-state index is 9.67. The molecule has 4 nitrogen and oxygen atoms in total. The SMILES string of the molecule is CCO[Si](CCCN)(OCC)OCC.FC(F)F. The largest absolute Gasteiger partial charge is 0.500 e. The van der Waals surface area contributed by atoms with Crippen molar-refractivity contribution in [3.05, 3.63) is 0 Å². The molecule has 0 aliphatic rings. The third kappa shape index (κ3) is 12.3. The molecule has 8 heteroatoms. The van der Waals surface area contributed by atoms with E-state index in [1.54, 1.807) is 0 Å². The lowest BCUT2D eigenvalue weighted by Crippen LogP contribution is -2.46. The Labute approximate surface area is 108 Å². The molecule has 0 saturated heterocycles. The highest BCUT2D eigenvalue weighted by Crippen LogP contribution is 2.17. The van der Waals surface area contributed by atoms with Crippen molar-refractivity contribution in [1.82, 2.24) is 0 Å². The van der Waals surface area contributed by atoms with E-state index >= 15 is 0 Å². The van der Waals surface area contributed by atoms with Gasteiger partial charge in [0.15, 0.2) is 0 Å². The van der Waals surface area contributed by atoms with E-state index in [9.17, 15) is 13.2 Å². The fourth-order valence-electron chi connectivity index (χ4n) is 1.32. The van der Waals surface area contributed by atoms with Gasteiger partial charge in [-0.25, -0.2) is 0 Å². The van der Waals surface area contributed by atoms with Crippen LogP contribution < -0.4 is 5.73 Å². The van der Waals surface area contributed by atoms with E-state index in [-0.39, 0.29) is 0 Å². The van der Waals surface area contributed by atoms with Gasteiger partial charge in [0.2, 0.25) is 0 Å². The van der Waals surface area contributed by atoms with Crippen LogP contribution in [0.3, 0.4) is 0 Å². The normalized spacial score (nSPS) is 11.3. The Balaban J connectivity index is 0. The maximum absolute atomic E-state index is 9.67. The van der Waals surface area contributed by atoms with Gasteiger partial charge in [0, 0.05) is 25.9 Å². The van der Waals surface area contributed by atoms with Gasteiger partial charge in [0.1, 0.15) is 0 Å². The smallest absolute Gasteiger partial charge is 0.374 e. The van der Waals surface area contributed by atoms with Gasteiger partial charge in [0.25, 0.3) is 0 Å². The molecule has 0 heterocycles. The summed E-state index contributed by atoms with van der Waals surface area (Å²) < 4.78 is 46.0. The number of nitrogens with two attached hydrogens (primary N) is 1. The highest BCUT2D eigenvalue weighted by atomic mass is 28.4. The zero-order valence-electron chi connectivity index (χ0n) is 11.3. The van der Waals surface area contributed by atoms with E-state index in [2.05, 4.69) is 0 Å². The molecule has 0 aliphatic carbocycles. The Morgan fingerprint density at radius 1 is 0.944 bits per heavy atom. The summed E-state index contributed by atoms with van der Waals surface area (Å²) in [5.74, 6) is 0. The first kappa shape index (κ1) is 20.2. The minimum absolute atomic E-state index is 0.636. The first-order chi connectivity index (χ1) is 8.47. The van der Waals surface area contributed by atoms with Crippen LogP contribution in [-0.4, -0.2) is 41.8 Å². The second kappa shape index (κ2) is 13.3. The van der Waals surface area contributed by atoms with Crippen molar-refractivity contribution in [3.8, 4) is 0 Å². The van der Waals surface area contributed by atoms with Gasteiger partial charge < -0.3 is 19.0 Å². The predicted molar refractivity (Wildman–Crippen MR) is 66.2 cm³/mol. The van der Waals surface area contributed by atoms with Gasteiger partial charge in [-0.3, -0.25) is 0 Å². The first-order valence-corrected chi connectivity index (χ1v) is 7.95. The van der Waals surface area contributed by atoms with Gasteiger partial charge in [-0.15, -0.1) is 0 Å². The molecule has 0 spiro atoms. The molecule has 0 aromatic rings. The van der Waals surface area contributed by atoms with Gasteiger partial charge in [-0.2, -0.15) is 13.2 Å². The third-order valence-corrected chi connectivity index (χ3v) is 4.93. The molecule has 0 saturated carbocycles. The van der Waals surface area contributed by atoms with Crippen LogP contribution >= 0.6 is 0 Å². The molecule has 0 rings (SSSR count). The minimum Gasteiger partial charge on any atom is -0.374 e. The lowest BCUT2D eigenvalue weighted by molar-refractivity contribution is 0.00818. The van der Waals surface area contributed by atoms with Crippen LogP contribution in [0.25, 0.3) is 0 Å². The second-order valence-corrected chi connectivity index (χ2v) is 5.85. The molecule has 0 fully saturated rings. The van der Waals surface area contributed by atoms with E-state index in [1.165, 1.54) is 0 Å². The Bertz CT molecular complexity index is 159. The molecule has 0 bridgehead atoms. The predicted octanol–water partition coefficient (Wildman–Crippen LogP) is 2.56. The van der Waals surface area contributed by atoms with Crippen LogP contribution in [0.1, 0.15) is 27.2 Å². The summed E-state index contributed by atoms with van der Waals surface area (Å²) in [5.41, 5.74) is 5.48. The summed E-state index contributed by atoms with van der Waals surface area (Å²) in [7, 11) is -2.40. The topological polar surface area (TPSA) is 53.7 Å². The molecule has 2 N–H and O–H groups in total. The van der Waals surface area contributed by atoms with Crippen molar-refractivity contribution in [3.63, 3.8) is 0 Å². The molecular formula is C10H24F3NO3Si. The van der Waals surface area contributed by atoms with Gasteiger partial charge in [0.05, 0.1) is 0 Å². The molecule has 0 amide bonds. The van der Waals surface area contributed by atoms with E-state index in [0.717, 1.165) is 12.5 Å². The minimum atomic E-state index is -3.67. The van der Waals surface area contributed by atoms with Gasteiger partial charge >= 0.3 is 15.5 Å². The number of hydrogen-bond donors (Lipinski definition) is 1. The van der Waals surface area contributed by atoms with Crippen LogP contribution in [0.4, 0.5) is 13.2 Å². The standard InChI is InChI=1S/C9H23NO3Si.CHF3/c1-4-11-14(12-5-2,13-6-3)9-7-8-10;2-1(3)4/h4-10H2,1-3H3;1H. The molecule has 0 unspecified atom stereocenters. The fourth-order valence-corrected chi connectivity index (χ4v) is 3.96. The molecule has 0 aromatic heterocycles. The summed E-state index contributed by atoms with van der Waals surface area (Å²) in [6.07, 6.45) is 0.895. The van der Waals surface area contributed by atoms with Crippen molar-refractivity contribution in [2.24, 2.45) is 5.73 Å². The van der Waals surface area contributed by atoms with Gasteiger partial charge in [-0.1, -0.05) is 0 Å². The highest BCUT2D eigenvalue weighted by molar-refractivity contribution is 6.60. The zero-order chi connectivity index (χ0) is 14.4. The van der Waals surface area contributed by atoms with Crippen LogP contribution in [0.2, 0.25) is 6.04 Å². The quantitative estimate of drug-likeness (QED) is 0.663. The van der Waals surface area contributed by atoms with Crippen LogP contribution in [-0.2, 0) is 13.3 Å². The van der Waals surface area contributed by atoms with Crippen molar-refractivity contribution < 1.29 is 26.4 Å². The molecular weight excluding hydrogens is 267 g/mol.